The molecule has 1 atom stereocenters. The average molecular weight is 524 g/mol. The monoisotopic (exact) mass is 523 g/mol. The first kappa shape index (κ1) is 25.1. The van der Waals surface area contributed by atoms with Crippen LogP contribution in [-0.2, 0) is 4.74 Å². The van der Waals surface area contributed by atoms with Crippen molar-refractivity contribution >= 4 is 28.9 Å². The minimum atomic E-state index is -1.56. The summed E-state index contributed by atoms with van der Waals surface area (Å²) in [4.78, 5) is 22.7. The van der Waals surface area contributed by atoms with Gasteiger partial charge in [0.1, 0.15) is 11.6 Å². The molecular weight excluding hydrogens is 488 g/mol. The summed E-state index contributed by atoms with van der Waals surface area (Å²) < 4.78 is 31.3. The fourth-order valence-electron chi connectivity index (χ4n) is 5.88. The van der Waals surface area contributed by atoms with Crippen LogP contribution in [0.15, 0.2) is 48.1 Å². The van der Waals surface area contributed by atoms with Crippen molar-refractivity contribution in [2.45, 2.75) is 57.6 Å². The lowest BCUT2D eigenvalue weighted by atomic mass is 9.87. The van der Waals surface area contributed by atoms with E-state index in [1.807, 2.05) is 43.3 Å². The second kappa shape index (κ2) is 10.2. The van der Waals surface area contributed by atoms with Crippen molar-refractivity contribution in [1.29, 1.82) is 0 Å². The van der Waals surface area contributed by atoms with Crippen molar-refractivity contribution in [3.63, 3.8) is 0 Å². The Hall–Kier alpha value is -3.20. The first-order valence-electron chi connectivity index (χ1n) is 13.7. The molecule has 0 radical (unpaired) electrons. The molecular formula is C29H35F2N5O2. The van der Waals surface area contributed by atoms with Gasteiger partial charge in [-0.15, -0.1) is 0 Å². The number of carbonyl (C=O) groups is 1. The summed E-state index contributed by atoms with van der Waals surface area (Å²) in [6.45, 7) is 6.05. The number of piperidine rings is 1. The summed E-state index contributed by atoms with van der Waals surface area (Å²) in [5.74, 6) is 1.13. The van der Waals surface area contributed by atoms with Crippen molar-refractivity contribution in [2.24, 2.45) is 5.41 Å². The predicted octanol–water partition coefficient (Wildman–Crippen LogP) is 5.66. The van der Waals surface area contributed by atoms with E-state index in [2.05, 4.69) is 20.4 Å². The summed E-state index contributed by atoms with van der Waals surface area (Å²) in [7, 11) is 0. The smallest absolute Gasteiger partial charge is 0.269 e. The molecule has 202 valence electrons. The van der Waals surface area contributed by atoms with Crippen molar-refractivity contribution in [1.82, 2.24) is 4.98 Å². The van der Waals surface area contributed by atoms with Crippen LogP contribution in [0.25, 0.3) is 0 Å². The van der Waals surface area contributed by atoms with Gasteiger partial charge >= 0.3 is 0 Å². The van der Waals surface area contributed by atoms with Gasteiger partial charge in [-0.3, -0.25) is 4.79 Å². The van der Waals surface area contributed by atoms with Gasteiger partial charge in [0.25, 0.3) is 12.0 Å². The van der Waals surface area contributed by atoms with Crippen LogP contribution in [0.2, 0.25) is 0 Å². The van der Waals surface area contributed by atoms with Crippen molar-refractivity contribution in [2.75, 3.05) is 53.2 Å². The third kappa shape index (κ3) is 5.34. The van der Waals surface area contributed by atoms with Gasteiger partial charge in [0.05, 0.1) is 24.0 Å². The first-order chi connectivity index (χ1) is 18.4. The number of hydrogen-bond donors (Lipinski definition) is 2. The fourth-order valence-corrected chi connectivity index (χ4v) is 5.88. The van der Waals surface area contributed by atoms with E-state index in [0.29, 0.717) is 36.2 Å². The number of hydrogen-bond acceptors (Lipinski definition) is 6. The average Bonchev–Trinajstić information content (AvgIpc) is 3.64. The molecule has 4 fully saturated rings. The maximum atomic E-state index is 13.6. The van der Waals surface area contributed by atoms with E-state index in [4.69, 9.17) is 9.72 Å². The largest absolute Gasteiger partial charge is 0.382 e. The Labute approximate surface area is 222 Å². The normalized spacial score (nSPS) is 24.1. The van der Waals surface area contributed by atoms with Crippen LogP contribution >= 0.6 is 0 Å². The lowest BCUT2D eigenvalue weighted by Crippen LogP contribution is -2.41. The molecule has 1 amide bonds. The summed E-state index contributed by atoms with van der Waals surface area (Å²) in [6, 6.07) is 11.4. The van der Waals surface area contributed by atoms with Crippen LogP contribution in [0, 0.1) is 5.41 Å². The van der Waals surface area contributed by atoms with E-state index in [1.54, 1.807) is 0 Å². The Kier molecular flexibility index (Phi) is 6.72. The van der Waals surface area contributed by atoms with Gasteiger partial charge in [-0.05, 0) is 86.8 Å². The highest BCUT2D eigenvalue weighted by atomic mass is 19.3. The minimum absolute atomic E-state index is 0.00930. The predicted molar refractivity (Wildman–Crippen MR) is 145 cm³/mol. The van der Waals surface area contributed by atoms with Crippen LogP contribution in [0.3, 0.4) is 0 Å². The number of pyridine rings is 1. The van der Waals surface area contributed by atoms with Crippen molar-refractivity contribution < 1.29 is 18.3 Å². The van der Waals surface area contributed by atoms with Gasteiger partial charge < -0.3 is 25.2 Å². The quantitative estimate of drug-likeness (QED) is 0.509. The molecule has 9 heteroatoms. The molecule has 38 heavy (non-hydrogen) atoms. The molecule has 7 nitrogen and oxygen atoms in total. The number of nitrogens with one attached hydrogen (secondary N) is 2. The standard InChI is InChI=1S/C29H35F2N5O2/c1-19-18-36(13-14-38-19)26-4-2-3-25(33-26)34-28(37)23-6-5-21(32-22-15-20(16-22)27(30)31)17-24(23)35-11-9-29(7-8-29)10-12-35/h2-6,17,19,22,32H,7-16,18H2,1H3,(H,33,34,37)/t19-/m1/s1. The molecule has 3 heterocycles. The number of anilines is 4. The molecule has 2 aliphatic heterocycles. The van der Waals surface area contributed by atoms with E-state index >= 15 is 0 Å². The number of aromatic nitrogens is 1. The van der Waals surface area contributed by atoms with Crippen LogP contribution in [-0.4, -0.2) is 55.8 Å². The van der Waals surface area contributed by atoms with Gasteiger partial charge in [0.15, 0.2) is 0 Å². The summed E-state index contributed by atoms with van der Waals surface area (Å²) in [5.41, 5.74) is 3.08. The zero-order chi connectivity index (χ0) is 26.3. The number of nitrogens with zero attached hydrogens (tertiary/aromatic N) is 3. The Morgan fingerprint density at radius 3 is 2.55 bits per heavy atom. The lowest BCUT2D eigenvalue weighted by molar-refractivity contribution is 0.0529. The zero-order valence-corrected chi connectivity index (χ0v) is 21.8. The van der Waals surface area contributed by atoms with Gasteiger partial charge in [0, 0.05) is 37.9 Å². The van der Waals surface area contributed by atoms with Crippen LogP contribution < -0.4 is 20.4 Å². The lowest BCUT2D eigenvalue weighted by Gasteiger charge is -2.35. The van der Waals surface area contributed by atoms with Gasteiger partial charge in [-0.2, -0.15) is 8.78 Å². The topological polar surface area (TPSA) is 69.7 Å². The number of ether oxygens (including phenoxy) is 1. The van der Waals surface area contributed by atoms with Gasteiger partial charge in [-0.1, -0.05) is 6.07 Å². The van der Waals surface area contributed by atoms with Gasteiger partial charge in [-0.25, -0.2) is 4.98 Å². The summed E-state index contributed by atoms with van der Waals surface area (Å²) in [5, 5.41) is 6.39. The number of carbonyl (C=O) groups excluding carboxylic acids is 1. The van der Waals surface area contributed by atoms with Crippen molar-refractivity contribution in [3.8, 4) is 0 Å². The first-order valence-corrected chi connectivity index (χ1v) is 13.7. The highest BCUT2D eigenvalue weighted by Crippen LogP contribution is 2.54. The molecule has 2 saturated heterocycles. The molecule has 2 aromatic rings. The third-order valence-corrected chi connectivity index (χ3v) is 8.53. The second-order valence-corrected chi connectivity index (χ2v) is 11.3. The third-order valence-electron chi connectivity index (χ3n) is 8.53. The SMILES string of the molecule is C[C@@H]1CN(c2cccc(NC(=O)c3ccc(NC4CC(=C(F)F)C4)cc3N3CCC4(CC3)CC4)n2)CCO1. The molecule has 1 spiro atoms. The number of amides is 1. The number of morpholine rings is 1. The maximum Gasteiger partial charge on any atom is 0.269 e. The zero-order valence-electron chi connectivity index (χ0n) is 21.8. The Morgan fingerprint density at radius 2 is 1.84 bits per heavy atom. The van der Waals surface area contributed by atoms with Gasteiger partial charge in [0.2, 0.25) is 0 Å². The summed E-state index contributed by atoms with van der Waals surface area (Å²) in [6.07, 6.45) is 4.19. The second-order valence-electron chi connectivity index (χ2n) is 11.3. The molecule has 2 N–H and O–H groups in total. The minimum Gasteiger partial charge on any atom is -0.382 e. The van der Waals surface area contributed by atoms with E-state index in [0.717, 1.165) is 56.2 Å². The highest BCUT2D eigenvalue weighted by Gasteiger charge is 2.44. The molecule has 0 unspecified atom stereocenters. The Bertz CT molecular complexity index is 1230. The van der Waals surface area contributed by atoms with E-state index < -0.39 is 6.08 Å². The molecule has 2 saturated carbocycles. The van der Waals surface area contributed by atoms with Crippen LogP contribution in [0.5, 0.6) is 0 Å². The van der Waals surface area contributed by atoms with Crippen molar-refractivity contribution in [3.05, 3.63) is 53.6 Å². The Morgan fingerprint density at radius 1 is 1.05 bits per heavy atom. The molecule has 2 aliphatic carbocycles. The number of rotatable bonds is 6. The molecule has 1 aromatic heterocycles. The molecule has 0 bridgehead atoms. The molecule has 4 aliphatic rings. The molecule has 6 rings (SSSR count). The number of halogens is 2. The van der Waals surface area contributed by atoms with E-state index in [9.17, 15) is 13.6 Å². The van der Waals surface area contributed by atoms with Crippen LogP contribution in [0.4, 0.5) is 31.8 Å². The van der Waals surface area contributed by atoms with E-state index in [1.165, 1.54) is 12.8 Å². The highest BCUT2D eigenvalue weighted by molar-refractivity contribution is 6.08. The van der Waals surface area contributed by atoms with Crippen LogP contribution in [0.1, 0.15) is 55.8 Å². The van der Waals surface area contributed by atoms with E-state index in [-0.39, 0.29) is 23.6 Å². The number of benzene rings is 1. The Balaban J connectivity index is 1.20. The molecule has 1 aromatic carbocycles. The fraction of sp³-hybridized carbons (Fsp3) is 0.517. The maximum absolute atomic E-state index is 13.6. The summed E-state index contributed by atoms with van der Waals surface area (Å²) >= 11 is 0.